The number of hydrazone groups is 1. The summed E-state index contributed by atoms with van der Waals surface area (Å²) in [4.78, 5) is 30.2. The number of ether oxygens (including phenoxy) is 1. The van der Waals surface area contributed by atoms with Crippen LogP contribution in [0.1, 0.15) is 5.56 Å². The minimum atomic E-state index is -0.327. The van der Waals surface area contributed by atoms with Crippen molar-refractivity contribution in [2.75, 3.05) is 12.9 Å². The van der Waals surface area contributed by atoms with Crippen molar-refractivity contribution >= 4 is 50.7 Å². The van der Waals surface area contributed by atoms with Crippen LogP contribution in [-0.4, -0.2) is 34.5 Å². The van der Waals surface area contributed by atoms with E-state index in [4.69, 9.17) is 4.74 Å². The van der Waals surface area contributed by atoms with Crippen LogP contribution in [0.2, 0.25) is 0 Å². The third kappa shape index (κ3) is 5.32. The molecule has 0 unspecified atom stereocenters. The molecule has 0 aliphatic carbocycles. The van der Waals surface area contributed by atoms with E-state index in [2.05, 4.69) is 31.4 Å². The van der Waals surface area contributed by atoms with Gasteiger partial charge in [-0.2, -0.15) is 5.10 Å². The van der Waals surface area contributed by atoms with Gasteiger partial charge in [-0.15, -0.1) is 0 Å². The molecule has 0 spiro atoms. The highest BCUT2D eigenvalue weighted by molar-refractivity contribution is 9.10. The lowest BCUT2D eigenvalue weighted by Crippen LogP contribution is -2.24. The second-order valence-corrected chi connectivity index (χ2v) is 8.71. The van der Waals surface area contributed by atoms with Crippen molar-refractivity contribution in [3.05, 3.63) is 93.2 Å². The van der Waals surface area contributed by atoms with Gasteiger partial charge in [-0.1, -0.05) is 58.0 Å². The fourth-order valence-electron chi connectivity index (χ4n) is 3.16. The first-order chi connectivity index (χ1) is 16.1. The van der Waals surface area contributed by atoms with E-state index in [1.54, 1.807) is 31.4 Å². The summed E-state index contributed by atoms with van der Waals surface area (Å²) in [6.07, 6.45) is 1.51. The zero-order valence-electron chi connectivity index (χ0n) is 17.6. The molecule has 33 heavy (non-hydrogen) atoms. The number of thioether (sulfide) groups is 1. The highest BCUT2D eigenvalue weighted by Gasteiger charge is 2.14. The Balaban J connectivity index is 1.54. The Labute approximate surface area is 202 Å². The second kappa shape index (κ2) is 10.5. The Bertz CT molecular complexity index is 1390. The summed E-state index contributed by atoms with van der Waals surface area (Å²) in [6, 6.07) is 21.9. The molecule has 0 saturated carbocycles. The van der Waals surface area contributed by atoms with Gasteiger partial charge in [0.15, 0.2) is 5.16 Å². The van der Waals surface area contributed by atoms with Crippen LogP contribution in [-0.2, 0) is 4.79 Å². The normalized spacial score (nSPS) is 11.1. The minimum absolute atomic E-state index is 0.0323. The van der Waals surface area contributed by atoms with Gasteiger partial charge in [0, 0.05) is 10.0 Å². The molecule has 1 amide bonds. The van der Waals surface area contributed by atoms with Gasteiger partial charge in [0.1, 0.15) is 5.75 Å². The maximum Gasteiger partial charge on any atom is 0.266 e. The van der Waals surface area contributed by atoms with Crippen molar-refractivity contribution in [2.24, 2.45) is 5.10 Å². The van der Waals surface area contributed by atoms with Crippen LogP contribution in [0.4, 0.5) is 0 Å². The highest BCUT2D eigenvalue weighted by atomic mass is 79.9. The number of fused-ring (bicyclic) bond motifs is 1. The predicted octanol–water partition coefficient (Wildman–Crippen LogP) is 4.40. The van der Waals surface area contributed by atoms with E-state index in [-0.39, 0.29) is 17.2 Å². The van der Waals surface area contributed by atoms with Crippen LogP contribution in [0, 0.1) is 0 Å². The minimum Gasteiger partial charge on any atom is -0.496 e. The van der Waals surface area contributed by atoms with Crippen molar-refractivity contribution in [2.45, 2.75) is 5.16 Å². The number of nitrogens with one attached hydrogen (secondary N) is 1. The number of halogens is 1. The van der Waals surface area contributed by atoms with Gasteiger partial charge >= 0.3 is 0 Å². The smallest absolute Gasteiger partial charge is 0.266 e. The molecule has 3 aromatic carbocycles. The Morgan fingerprint density at radius 2 is 1.91 bits per heavy atom. The first-order valence-electron chi connectivity index (χ1n) is 9.92. The molecular formula is C24H19BrN4O3S. The molecule has 1 heterocycles. The van der Waals surface area contributed by atoms with Gasteiger partial charge in [0.2, 0.25) is 0 Å². The Kier molecular flexibility index (Phi) is 7.21. The van der Waals surface area contributed by atoms with Crippen LogP contribution in [0.15, 0.2) is 92.3 Å². The van der Waals surface area contributed by atoms with Gasteiger partial charge in [-0.05, 0) is 42.5 Å². The van der Waals surface area contributed by atoms with Crippen molar-refractivity contribution in [1.29, 1.82) is 0 Å². The summed E-state index contributed by atoms with van der Waals surface area (Å²) in [5.41, 5.74) is 4.30. The molecule has 0 aliphatic rings. The maximum absolute atomic E-state index is 13.2. The molecule has 0 saturated heterocycles. The molecule has 0 fully saturated rings. The number of aromatic nitrogens is 2. The predicted molar refractivity (Wildman–Crippen MR) is 134 cm³/mol. The third-order valence-corrected chi connectivity index (χ3v) is 6.11. The summed E-state index contributed by atoms with van der Waals surface area (Å²) >= 11 is 4.57. The van der Waals surface area contributed by atoms with E-state index in [1.165, 1.54) is 22.5 Å². The molecule has 166 valence electrons. The lowest BCUT2D eigenvalue weighted by Gasteiger charge is -2.12. The molecule has 0 radical (unpaired) electrons. The number of carbonyl (C=O) groups is 1. The standard InChI is InChI=1S/C24H19BrN4O3S/c1-32-21-12-11-17(25)13-16(21)14-26-28-22(30)15-33-24-27-20-10-6-5-9-19(20)23(31)29(24)18-7-3-2-4-8-18/h2-14H,15H2,1H3,(H,28,30)/b26-14+. The SMILES string of the molecule is COc1ccc(Br)cc1/C=N/NC(=O)CSc1nc2ccccc2c(=O)n1-c1ccccc1. The van der Waals surface area contributed by atoms with Crippen LogP contribution in [0.5, 0.6) is 5.75 Å². The Morgan fingerprint density at radius 1 is 1.15 bits per heavy atom. The van der Waals surface area contributed by atoms with Crippen LogP contribution in [0.3, 0.4) is 0 Å². The van der Waals surface area contributed by atoms with Crippen molar-refractivity contribution in [3.8, 4) is 11.4 Å². The highest BCUT2D eigenvalue weighted by Crippen LogP contribution is 2.22. The van der Waals surface area contributed by atoms with Crippen LogP contribution >= 0.6 is 27.7 Å². The average Bonchev–Trinajstić information content (AvgIpc) is 2.83. The maximum atomic E-state index is 13.2. The molecular weight excluding hydrogens is 504 g/mol. The fraction of sp³-hybridized carbons (Fsp3) is 0.0833. The molecule has 9 heteroatoms. The Hall–Kier alpha value is -3.43. The number of rotatable bonds is 7. The third-order valence-electron chi connectivity index (χ3n) is 4.68. The average molecular weight is 523 g/mol. The van der Waals surface area contributed by atoms with Gasteiger partial charge in [-0.25, -0.2) is 10.4 Å². The number of para-hydroxylation sites is 2. The lowest BCUT2D eigenvalue weighted by molar-refractivity contribution is -0.118. The van der Waals surface area contributed by atoms with E-state index in [9.17, 15) is 9.59 Å². The lowest BCUT2D eigenvalue weighted by atomic mass is 10.2. The number of carbonyl (C=O) groups excluding carboxylic acids is 1. The van der Waals surface area contributed by atoms with Gasteiger partial charge in [-0.3, -0.25) is 14.2 Å². The number of nitrogens with zero attached hydrogens (tertiary/aromatic N) is 3. The van der Waals surface area contributed by atoms with E-state index in [0.717, 1.165) is 4.47 Å². The van der Waals surface area contributed by atoms with E-state index < -0.39 is 0 Å². The monoisotopic (exact) mass is 522 g/mol. The van der Waals surface area contributed by atoms with Crippen molar-refractivity contribution < 1.29 is 9.53 Å². The van der Waals surface area contributed by atoms with Gasteiger partial charge in [0.05, 0.1) is 35.7 Å². The molecule has 1 N–H and O–H groups in total. The van der Waals surface area contributed by atoms with E-state index in [0.29, 0.717) is 33.1 Å². The summed E-state index contributed by atoms with van der Waals surface area (Å²) in [6.45, 7) is 0. The van der Waals surface area contributed by atoms with Gasteiger partial charge < -0.3 is 4.74 Å². The number of methoxy groups -OCH3 is 1. The molecule has 1 aromatic heterocycles. The number of hydrogen-bond donors (Lipinski definition) is 1. The quantitative estimate of drug-likeness (QED) is 0.168. The largest absolute Gasteiger partial charge is 0.496 e. The first-order valence-corrected chi connectivity index (χ1v) is 11.7. The van der Waals surface area contributed by atoms with Gasteiger partial charge in [0.25, 0.3) is 11.5 Å². The van der Waals surface area contributed by atoms with E-state index >= 15 is 0 Å². The molecule has 4 aromatic rings. The second-order valence-electron chi connectivity index (χ2n) is 6.86. The summed E-state index contributed by atoms with van der Waals surface area (Å²) in [5.74, 6) is 0.343. The zero-order chi connectivity index (χ0) is 23.2. The number of hydrogen-bond acceptors (Lipinski definition) is 6. The summed E-state index contributed by atoms with van der Waals surface area (Å²) in [5, 5.41) is 4.97. The topological polar surface area (TPSA) is 85.6 Å². The van der Waals surface area contributed by atoms with Crippen molar-refractivity contribution in [3.63, 3.8) is 0 Å². The first kappa shape index (κ1) is 22.8. The summed E-state index contributed by atoms with van der Waals surface area (Å²) in [7, 11) is 1.57. The van der Waals surface area contributed by atoms with Crippen LogP contribution in [0.25, 0.3) is 16.6 Å². The fourth-order valence-corrected chi connectivity index (χ4v) is 4.34. The molecule has 7 nitrogen and oxygen atoms in total. The molecule has 4 rings (SSSR count). The zero-order valence-corrected chi connectivity index (χ0v) is 20.0. The number of amides is 1. The Morgan fingerprint density at radius 3 is 2.70 bits per heavy atom. The summed E-state index contributed by atoms with van der Waals surface area (Å²) < 4.78 is 7.69. The number of benzene rings is 3. The van der Waals surface area contributed by atoms with Crippen molar-refractivity contribution in [1.82, 2.24) is 15.0 Å². The molecule has 0 atom stereocenters. The molecule has 0 bridgehead atoms. The van der Waals surface area contributed by atoms with Crippen LogP contribution < -0.4 is 15.7 Å². The molecule has 0 aliphatic heterocycles. The van der Waals surface area contributed by atoms with E-state index in [1.807, 2.05) is 48.5 Å².